The van der Waals surface area contributed by atoms with E-state index in [-0.39, 0.29) is 6.04 Å². The number of methoxy groups -OCH3 is 1. The van der Waals surface area contributed by atoms with Gasteiger partial charge in [-0.05, 0) is 49.0 Å². The minimum absolute atomic E-state index is 0.267. The van der Waals surface area contributed by atoms with Crippen LogP contribution in [0.2, 0.25) is 10.0 Å². The molecule has 0 bridgehead atoms. The van der Waals surface area contributed by atoms with Gasteiger partial charge in [-0.1, -0.05) is 52.6 Å². The van der Waals surface area contributed by atoms with Crippen LogP contribution in [0.1, 0.15) is 24.4 Å². The summed E-state index contributed by atoms with van der Waals surface area (Å²) >= 11 is 17.9. The number of hydrogen-bond donors (Lipinski definition) is 1. The third-order valence-electron chi connectivity index (χ3n) is 5.06. The Morgan fingerprint density at radius 1 is 1.16 bits per heavy atom. The average Bonchev–Trinajstić information content (AvgIpc) is 3.23. The molecule has 0 amide bonds. The zero-order valence-corrected chi connectivity index (χ0v) is 19.3. The predicted octanol–water partition coefficient (Wildman–Crippen LogP) is 5.35. The first-order valence-electron chi connectivity index (χ1n) is 9.61. The Balaban J connectivity index is 1.80. The molecule has 3 aromatic rings. The van der Waals surface area contributed by atoms with Crippen LogP contribution in [0.15, 0.2) is 58.8 Å². The van der Waals surface area contributed by atoms with E-state index in [9.17, 15) is 0 Å². The van der Waals surface area contributed by atoms with Gasteiger partial charge in [0.1, 0.15) is 0 Å². The van der Waals surface area contributed by atoms with Gasteiger partial charge in [0.2, 0.25) is 5.82 Å². The molecule has 1 N–H and O–H groups in total. The van der Waals surface area contributed by atoms with E-state index in [0.717, 1.165) is 22.4 Å². The second-order valence-electron chi connectivity index (χ2n) is 7.01. The van der Waals surface area contributed by atoms with Crippen LogP contribution >= 0.6 is 35.4 Å². The number of thiocarbonyl (C=S) groups is 1. The van der Waals surface area contributed by atoms with Gasteiger partial charge >= 0.3 is 0 Å². The molecule has 4 rings (SSSR count). The highest BCUT2D eigenvalue weighted by atomic mass is 35.5. The van der Waals surface area contributed by atoms with Crippen molar-refractivity contribution in [2.24, 2.45) is 0 Å². The minimum atomic E-state index is -0.267. The van der Waals surface area contributed by atoms with Gasteiger partial charge in [0.15, 0.2) is 5.11 Å². The van der Waals surface area contributed by atoms with E-state index >= 15 is 0 Å². The molecule has 1 aliphatic rings. The lowest BCUT2D eigenvalue weighted by atomic mass is 9.95. The molecule has 1 aliphatic heterocycles. The van der Waals surface area contributed by atoms with Crippen molar-refractivity contribution in [3.63, 3.8) is 0 Å². The van der Waals surface area contributed by atoms with Crippen LogP contribution < -0.4 is 5.32 Å². The van der Waals surface area contributed by atoms with Crippen molar-refractivity contribution in [3.8, 4) is 11.4 Å². The van der Waals surface area contributed by atoms with Gasteiger partial charge in [-0.2, -0.15) is 4.98 Å². The topological polar surface area (TPSA) is 63.4 Å². The largest absolute Gasteiger partial charge is 0.383 e. The Bertz CT molecular complexity index is 1130. The highest BCUT2D eigenvalue weighted by Crippen LogP contribution is 2.37. The van der Waals surface area contributed by atoms with Crippen LogP contribution in [0.5, 0.6) is 0 Å². The van der Waals surface area contributed by atoms with Crippen molar-refractivity contribution in [1.29, 1.82) is 0 Å². The Labute approximate surface area is 195 Å². The summed E-state index contributed by atoms with van der Waals surface area (Å²) in [4.78, 5) is 6.64. The molecule has 0 fully saturated rings. The number of hydrogen-bond acceptors (Lipinski definition) is 5. The summed E-state index contributed by atoms with van der Waals surface area (Å²) < 4.78 is 11.0. The number of nitrogens with zero attached hydrogens (tertiary/aromatic N) is 3. The number of nitrogens with one attached hydrogen (secondary N) is 1. The van der Waals surface area contributed by atoms with E-state index in [2.05, 4.69) is 15.5 Å². The smallest absolute Gasteiger partial charge is 0.258 e. The summed E-state index contributed by atoms with van der Waals surface area (Å²) in [6, 6.07) is 14.7. The van der Waals surface area contributed by atoms with Crippen LogP contribution in [0.3, 0.4) is 0 Å². The van der Waals surface area contributed by atoms with Crippen LogP contribution in [0, 0.1) is 0 Å². The van der Waals surface area contributed by atoms with Gasteiger partial charge in [0.25, 0.3) is 5.89 Å². The second kappa shape index (κ2) is 9.36. The maximum atomic E-state index is 6.12. The SMILES string of the molecule is COCCN1C(=S)NC(c2ccc(Cl)cc2)C(c2nc(-c3cccc(Cl)c3)no2)=C1C. The quantitative estimate of drug-likeness (QED) is 0.482. The predicted molar refractivity (Wildman–Crippen MR) is 126 cm³/mol. The van der Waals surface area contributed by atoms with Gasteiger partial charge in [0.05, 0.1) is 18.2 Å². The number of rotatable bonds is 6. The van der Waals surface area contributed by atoms with Gasteiger partial charge in [-0.25, -0.2) is 0 Å². The highest BCUT2D eigenvalue weighted by molar-refractivity contribution is 7.80. The fourth-order valence-electron chi connectivity index (χ4n) is 3.49. The summed E-state index contributed by atoms with van der Waals surface area (Å²) in [7, 11) is 1.66. The minimum Gasteiger partial charge on any atom is -0.383 e. The molecule has 0 spiro atoms. The van der Waals surface area contributed by atoms with Crippen molar-refractivity contribution in [2.75, 3.05) is 20.3 Å². The first-order valence-corrected chi connectivity index (χ1v) is 10.8. The number of halogens is 2. The zero-order valence-electron chi connectivity index (χ0n) is 16.9. The molecular weight excluding hydrogens is 455 g/mol. The van der Waals surface area contributed by atoms with Crippen LogP contribution in [0.4, 0.5) is 0 Å². The molecule has 2 aromatic carbocycles. The molecule has 6 nitrogen and oxygen atoms in total. The molecule has 2 heterocycles. The molecule has 0 saturated heterocycles. The van der Waals surface area contributed by atoms with Crippen molar-refractivity contribution >= 4 is 46.1 Å². The molecule has 9 heteroatoms. The summed E-state index contributed by atoms with van der Waals surface area (Å²) in [6.07, 6.45) is 0. The summed E-state index contributed by atoms with van der Waals surface area (Å²) in [6.45, 7) is 3.11. The van der Waals surface area contributed by atoms with E-state index in [1.165, 1.54) is 0 Å². The molecule has 160 valence electrons. The standard InChI is InChI=1S/C22H20Cl2N4O2S/c1-13-18(21-26-20(27-30-21)15-4-3-5-17(24)12-15)19(14-6-8-16(23)9-7-14)25-22(31)28(13)10-11-29-2/h3-9,12,19H,10-11H2,1-2H3,(H,25,31). The first-order chi connectivity index (χ1) is 15.0. The maximum Gasteiger partial charge on any atom is 0.258 e. The number of benzene rings is 2. The molecule has 0 saturated carbocycles. The number of ether oxygens (including phenoxy) is 1. The highest BCUT2D eigenvalue weighted by Gasteiger charge is 2.34. The third-order valence-corrected chi connectivity index (χ3v) is 5.88. The Morgan fingerprint density at radius 2 is 1.94 bits per heavy atom. The Kier molecular flexibility index (Phi) is 6.57. The normalized spacial score (nSPS) is 16.6. The third kappa shape index (κ3) is 4.60. The van der Waals surface area contributed by atoms with Crippen molar-refractivity contribution in [2.45, 2.75) is 13.0 Å². The molecular formula is C22H20Cl2N4O2S. The van der Waals surface area contributed by atoms with Crippen molar-refractivity contribution in [1.82, 2.24) is 20.4 Å². The molecule has 0 aliphatic carbocycles. The molecule has 1 atom stereocenters. The van der Waals surface area contributed by atoms with Gasteiger partial charge in [-0.15, -0.1) is 0 Å². The average molecular weight is 475 g/mol. The van der Waals surface area contributed by atoms with E-state index < -0.39 is 0 Å². The van der Waals surface area contributed by atoms with Crippen LogP contribution in [-0.2, 0) is 4.74 Å². The number of allylic oxidation sites excluding steroid dienone is 1. The summed E-state index contributed by atoms with van der Waals surface area (Å²) in [5.41, 5.74) is 3.52. The lowest BCUT2D eigenvalue weighted by Gasteiger charge is -2.37. The lowest BCUT2D eigenvalue weighted by Crippen LogP contribution is -2.47. The fourth-order valence-corrected chi connectivity index (χ4v) is 4.16. The second-order valence-corrected chi connectivity index (χ2v) is 8.27. The summed E-state index contributed by atoms with van der Waals surface area (Å²) in [5.74, 6) is 0.870. The fraction of sp³-hybridized carbons (Fsp3) is 0.227. The molecule has 0 radical (unpaired) electrons. The summed E-state index contributed by atoms with van der Waals surface area (Å²) in [5, 5.41) is 9.45. The van der Waals surface area contributed by atoms with Gasteiger partial charge < -0.3 is 19.5 Å². The molecule has 31 heavy (non-hydrogen) atoms. The van der Waals surface area contributed by atoms with E-state index in [4.69, 9.17) is 44.7 Å². The zero-order chi connectivity index (χ0) is 22.0. The Morgan fingerprint density at radius 3 is 2.65 bits per heavy atom. The lowest BCUT2D eigenvalue weighted by molar-refractivity contribution is 0.183. The van der Waals surface area contributed by atoms with E-state index in [0.29, 0.717) is 40.0 Å². The van der Waals surface area contributed by atoms with Crippen LogP contribution in [0.25, 0.3) is 17.0 Å². The van der Waals surface area contributed by atoms with E-state index in [1.807, 2.05) is 48.2 Å². The van der Waals surface area contributed by atoms with Crippen molar-refractivity contribution in [3.05, 3.63) is 75.7 Å². The van der Waals surface area contributed by atoms with Gasteiger partial charge in [-0.3, -0.25) is 0 Å². The molecule has 1 unspecified atom stereocenters. The van der Waals surface area contributed by atoms with Gasteiger partial charge in [0, 0.05) is 35.0 Å². The first kappa shape index (κ1) is 21.8. The van der Waals surface area contributed by atoms with Crippen molar-refractivity contribution < 1.29 is 9.26 Å². The number of aromatic nitrogens is 2. The molecule has 1 aromatic heterocycles. The maximum absolute atomic E-state index is 6.12. The van der Waals surface area contributed by atoms with E-state index in [1.54, 1.807) is 19.2 Å². The Hall–Kier alpha value is -2.45. The monoisotopic (exact) mass is 474 g/mol. The van der Waals surface area contributed by atoms with Crippen LogP contribution in [-0.4, -0.2) is 40.4 Å².